The molecule has 2 aromatic rings. The zero-order valence-corrected chi connectivity index (χ0v) is 19.8. The van der Waals surface area contributed by atoms with Gasteiger partial charge in [0.1, 0.15) is 5.41 Å². The lowest BCUT2D eigenvalue weighted by Gasteiger charge is -2.51. The minimum Gasteiger partial charge on any atom is -0.465 e. The van der Waals surface area contributed by atoms with E-state index < -0.39 is 19.7 Å². The number of benzene rings is 2. The van der Waals surface area contributed by atoms with Crippen LogP contribution in [0.5, 0.6) is 0 Å². The highest BCUT2D eigenvalue weighted by Crippen LogP contribution is 2.51. The monoisotopic (exact) mass is 436 g/mol. The summed E-state index contributed by atoms with van der Waals surface area (Å²) in [7, 11) is -1.23. The molecule has 2 aromatic carbocycles. The number of likely N-dealkylation sites (tertiary alicyclic amines) is 1. The Bertz CT molecular complexity index is 922. The third-order valence-electron chi connectivity index (χ3n) is 7.34. The van der Waals surface area contributed by atoms with Gasteiger partial charge in [0, 0.05) is 20.1 Å². The van der Waals surface area contributed by atoms with E-state index in [1.54, 1.807) is 7.05 Å². The number of carbonyl (C=O) groups is 2. The van der Waals surface area contributed by atoms with Crippen molar-refractivity contribution in [2.45, 2.75) is 50.2 Å². The molecule has 31 heavy (non-hydrogen) atoms. The van der Waals surface area contributed by atoms with E-state index in [9.17, 15) is 14.7 Å². The first-order chi connectivity index (χ1) is 14.6. The van der Waals surface area contributed by atoms with Gasteiger partial charge in [-0.2, -0.15) is 0 Å². The lowest BCUT2D eigenvalue weighted by atomic mass is 10.0. The van der Waals surface area contributed by atoms with Crippen LogP contribution in [0.4, 0.5) is 4.79 Å². The summed E-state index contributed by atoms with van der Waals surface area (Å²) in [5.74, 6) is 0. The number of carbonyl (C=O) groups excluding carboxylic acids is 1. The Balaban J connectivity index is 1.78. The van der Waals surface area contributed by atoms with Gasteiger partial charge in [0.05, 0.1) is 11.6 Å². The second-order valence-corrected chi connectivity index (χ2v) is 14.7. The predicted octanol–water partition coefficient (Wildman–Crippen LogP) is 2.98. The molecule has 6 heteroatoms. The molecule has 2 aliphatic rings. The van der Waals surface area contributed by atoms with E-state index in [0.29, 0.717) is 18.5 Å². The summed E-state index contributed by atoms with van der Waals surface area (Å²) in [4.78, 5) is 29.7. The van der Waals surface area contributed by atoms with Gasteiger partial charge in [0.15, 0.2) is 0 Å². The summed E-state index contributed by atoms with van der Waals surface area (Å²) in [6, 6.07) is 20.7. The maximum absolute atomic E-state index is 14.7. The summed E-state index contributed by atoms with van der Waals surface area (Å²) >= 11 is 0. The highest BCUT2D eigenvalue weighted by atomic mass is 28.3. The van der Waals surface area contributed by atoms with E-state index >= 15 is 0 Å². The standard InChI is InChI=1S/C25H32N2O3Si/c1-24(2,3)31(20-11-7-5-8-12-20,21-13-9-6-10-14-21)22(28)25(15-16-25)27-17-19(18-27)26(4)23(29)30/h5-14,19H,15-18H2,1-4H3,(H,29,30). The van der Waals surface area contributed by atoms with Gasteiger partial charge in [0.2, 0.25) is 8.07 Å². The second kappa shape index (κ2) is 7.60. The molecule has 0 atom stereocenters. The Morgan fingerprint density at radius 3 is 1.77 bits per heavy atom. The van der Waals surface area contributed by atoms with Crippen LogP contribution in [0.1, 0.15) is 33.6 Å². The molecule has 0 aromatic heterocycles. The second-order valence-electron chi connectivity index (χ2n) is 10.0. The minimum absolute atomic E-state index is 0.0399. The first-order valence-electron chi connectivity index (χ1n) is 11.0. The first kappa shape index (κ1) is 21.8. The molecule has 0 bridgehead atoms. The van der Waals surface area contributed by atoms with Crippen LogP contribution in [-0.4, -0.2) is 66.2 Å². The van der Waals surface area contributed by atoms with Crippen LogP contribution in [-0.2, 0) is 4.79 Å². The molecule has 1 aliphatic heterocycles. The van der Waals surface area contributed by atoms with Crippen molar-refractivity contribution in [2.75, 3.05) is 20.1 Å². The van der Waals surface area contributed by atoms with Crippen molar-refractivity contribution in [1.82, 2.24) is 9.80 Å². The highest BCUT2D eigenvalue weighted by molar-refractivity contribution is 7.24. The first-order valence-corrected chi connectivity index (χ1v) is 13.0. The zero-order chi connectivity index (χ0) is 22.4. The predicted molar refractivity (Wildman–Crippen MR) is 126 cm³/mol. The zero-order valence-electron chi connectivity index (χ0n) is 18.8. The fourth-order valence-corrected chi connectivity index (χ4v) is 11.1. The van der Waals surface area contributed by atoms with Crippen LogP contribution >= 0.6 is 0 Å². The van der Waals surface area contributed by atoms with Crippen molar-refractivity contribution in [1.29, 1.82) is 0 Å². The van der Waals surface area contributed by atoms with Crippen LogP contribution in [0.2, 0.25) is 5.04 Å². The lowest BCUT2D eigenvalue weighted by molar-refractivity contribution is -0.122. The summed E-state index contributed by atoms with van der Waals surface area (Å²) in [6.45, 7) is 7.90. The van der Waals surface area contributed by atoms with Gasteiger partial charge in [-0.3, -0.25) is 4.90 Å². The van der Waals surface area contributed by atoms with Gasteiger partial charge in [-0.15, -0.1) is 0 Å². The Kier molecular flexibility index (Phi) is 5.34. The number of likely N-dealkylation sites (N-methyl/N-ethyl adjacent to an activating group) is 1. The van der Waals surface area contributed by atoms with E-state index in [2.05, 4.69) is 49.9 Å². The summed E-state index contributed by atoms with van der Waals surface area (Å²) in [5, 5.41) is 11.8. The molecule has 164 valence electrons. The Morgan fingerprint density at radius 2 is 1.42 bits per heavy atom. The number of amides is 1. The van der Waals surface area contributed by atoms with Crippen molar-refractivity contribution in [3.63, 3.8) is 0 Å². The molecule has 4 rings (SSSR count). The highest BCUT2D eigenvalue weighted by Gasteiger charge is 2.67. The van der Waals surface area contributed by atoms with E-state index in [-0.39, 0.29) is 11.1 Å². The third kappa shape index (κ3) is 3.33. The fourth-order valence-electron chi connectivity index (χ4n) is 5.37. The van der Waals surface area contributed by atoms with E-state index in [0.717, 1.165) is 23.2 Å². The molecule has 0 radical (unpaired) electrons. The molecule has 1 saturated heterocycles. The number of carboxylic acid groups (broad SMARTS) is 1. The number of hydrogen-bond acceptors (Lipinski definition) is 3. The van der Waals surface area contributed by atoms with E-state index in [4.69, 9.17) is 0 Å². The SMILES string of the molecule is CN(C(=O)O)C1CN(C2(C(=O)[Si](c3ccccc3)(c3ccccc3)C(C)(C)C)CC2)C1. The van der Waals surface area contributed by atoms with Crippen LogP contribution < -0.4 is 10.4 Å². The van der Waals surface area contributed by atoms with Crippen molar-refractivity contribution < 1.29 is 14.7 Å². The average Bonchev–Trinajstić information content (AvgIpc) is 3.49. The molecule has 1 aliphatic carbocycles. The quantitative estimate of drug-likeness (QED) is 0.708. The average molecular weight is 437 g/mol. The molecule has 1 saturated carbocycles. The van der Waals surface area contributed by atoms with Gasteiger partial charge in [-0.05, 0) is 28.3 Å². The van der Waals surface area contributed by atoms with Gasteiger partial charge >= 0.3 is 6.09 Å². The maximum atomic E-state index is 14.7. The Labute approximate surface area is 185 Å². The lowest BCUT2D eigenvalue weighted by Crippen LogP contribution is -2.76. The Hall–Kier alpha value is -2.44. The summed E-state index contributed by atoms with van der Waals surface area (Å²) < 4.78 is 0. The van der Waals surface area contributed by atoms with Crippen molar-refractivity contribution in [3.05, 3.63) is 60.7 Å². The molecular formula is C25H32N2O3Si. The molecule has 1 N–H and O–H groups in total. The van der Waals surface area contributed by atoms with E-state index in [1.165, 1.54) is 4.90 Å². The topological polar surface area (TPSA) is 60.9 Å². The molecule has 2 fully saturated rings. The summed E-state index contributed by atoms with van der Waals surface area (Å²) in [5.41, 5.74) is -0.457. The van der Waals surface area contributed by atoms with Crippen molar-refractivity contribution in [3.8, 4) is 0 Å². The van der Waals surface area contributed by atoms with Gasteiger partial charge in [-0.1, -0.05) is 81.4 Å². The molecule has 0 unspecified atom stereocenters. The van der Waals surface area contributed by atoms with Crippen molar-refractivity contribution in [2.24, 2.45) is 0 Å². The molecule has 1 amide bonds. The molecule has 0 spiro atoms. The van der Waals surface area contributed by atoms with Crippen LogP contribution in [0.25, 0.3) is 0 Å². The maximum Gasteiger partial charge on any atom is 0.407 e. The van der Waals surface area contributed by atoms with E-state index in [1.807, 2.05) is 36.4 Å². The molecular weight excluding hydrogens is 404 g/mol. The smallest absolute Gasteiger partial charge is 0.407 e. The van der Waals surface area contributed by atoms with Crippen LogP contribution in [0.3, 0.4) is 0 Å². The van der Waals surface area contributed by atoms with Crippen LogP contribution in [0.15, 0.2) is 60.7 Å². The largest absolute Gasteiger partial charge is 0.465 e. The number of hydrogen-bond donors (Lipinski definition) is 1. The Morgan fingerprint density at radius 1 is 0.968 bits per heavy atom. The van der Waals surface area contributed by atoms with Gasteiger partial charge < -0.3 is 14.8 Å². The van der Waals surface area contributed by atoms with Crippen LogP contribution in [0, 0.1) is 0 Å². The fraction of sp³-hybridized carbons (Fsp3) is 0.440. The van der Waals surface area contributed by atoms with Gasteiger partial charge in [0.25, 0.3) is 0 Å². The number of nitrogens with zero attached hydrogens (tertiary/aromatic N) is 2. The normalized spacial score (nSPS) is 18.8. The van der Waals surface area contributed by atoms with Crippen molar-refractivity contribution >= 4 is 29.9 Å². The molecule has 5 nitrogen and oxygen atoms in total. The number of rotatable bonds is 6. The summed E-state index contributed by atoms with van der Waals surface area (Å²) in [6.07, 6.45) is 0.812. The minimum atomic E-state index is -2.85. The van der Waals surface area contributed by atoms with Gasteiger partial charge in [-0.25, -0.2) is 4.79 Å². The third-order valence-corrected chi connectivity index (χ3v) is 13.1. The molecule has 1 heterocycles.